The summed E-state index contributed by atoms with van der Waals surface area (Å²) in [7, 11) is 0. The minimum absolute atomic E-state index is 0.0457. The Balaban J connectivity index is 2.74. The average Bonchev–Trinajstić information content (AvgIpc) is 3.53. The number of aliphatic hydroxyl groups excluding tert-OH is 2. The van der Waals surface area contributed by atoms with Gasteiger partial charge >= 0.3 is 23.9 Å². The highest BCUT2D eigenvalue weighted by atomic mass is 16.7. The fourth-order valence-corrected chi connectivity index (χ4v) is 8.80. The number of carbonyl (C=O) groups is 4. The van der Waals surface area contributed by atoms with Gasteiger partial charge in [-0.15, -0.1) is 0 Å². The molecule has 0 spiro atoms. The van der Waals surface area contributed by atoms with Crippen molar-refractivity contribution in [1.29, 1.82) is 0 Å². The van der Waals surface area contributed by atoms with Crippen molar-refractivity contribution in [3.8, 4) is 0 Å². The molecular formula is C69H110O12. The number of carboxylic acids is 1. The van der Waals surface area contributed by atoms with Gasteiger partial charge in [-0.3, -0.25) is 14.4 Å². The molecule has 1 fully saturated rings. The predicted molar refractivity (Wildman–Crippen MR) is 330 cm³/mol. The van der Waals surface area contributed by atoms with Crippen molar-refractivity contribution in [1.82, 2.24) is 0 Å². The van der Waals surface area contributed by atoms with Gasteiger partial charge < -0.3 is 39.0 Å². The number of aliphatic carboxylic acids is 1. The van der Waals surface area contributed by atoms with E-state index in [0.29, 0.717) is 19.3 Å². The largest absolute Gasteiger partial charge is 0.479 e. The summed E-state index contributed by atoms with van der Waals surface area (Å²) < 4.78 is 28.4. The van der Waals surface area contributed by atoms with Crippen LogP contribution in [0, 0.1) is 0 Å². The first-order chi connectivity index (χ1) is 39.6. The van der Waals surface area contributed by atoms with Crippen LogP contribution in [0.4, 0.5) is 0 Å². The standard InChI is InChI=1S/C69H110O12/c1-4-7-10-13-16-19-22-25-28-30-31-33-35-37-40-43-46-49-52-55-61(70)77-58-60(79-62(71)56-53-50-47-44-41-38-34-27-24-21-18-15-12-9-6-3)59-78-69-67(65(74)64(73)66(81-69)68(75)76)80-63(72)57-54-51-48-45-42-39-36-32-29-26-23-20-17-14-11-8-5-2/h7,9-10,12,16,18-19,21,25,27-28,31,33-34,37,40-41,44,46,49,60,64-67,69,73-74H,4-6,8,11,13-15,17,20,22-24,26,29-30,32,35-36,38-39,42-43,45,47-48,50-59H2,1-3H3,(H,75,76)/b10-7-,12-9-,19-16-,21-18-,28-25-,33-31-,34-27-,40-37-,44-41-,49-46-. The molecule has 6 unspecified atom stereocenters. The Morgan fingerprint density at radius 3 is 1.23 bits per heavy atom. The van der Waals surface area contributed by atoms with Crippen molar-refractivity contribution in [2.24, 2.45) is 0 Å². The Morgan fingerprint density at radius 1 is 0.420 bits per heavy atom. The zero-order valence-electron chi connectivity index (χ0n) is 50.5. The molecular weight excluding hydrogens is 1020 g/mol. The second-order valence-corrected chi connectivity index (χ2v) is 20.9. The maximum absolute atomic E-state index is 13.2. The Labute approximate surface area is 490 Å². The Bertz CT molecular complexity index is 1870. The third-order valence-electron chi connectivity index (χ3n) is 13.5. The molecule has 0 radical (unpaired) electrons. The molecule has 1 aliphatic heterocycles. The van der Waals surface area contributed by atoms with E-state index in [1.165, 1.54) is 77.0 Å². The van der Waals surface area contributed by atoms with Gasteiger partial charge in [0.15, 0.2) is 24.6 Å². The number of esters is 3. The molecule has 1 rings (SSSR count). The van der Waals surface area contributed by atoms with Crippen molar-refractivity contribution in [2.75, 3.05) is 13.2 Å². The summed E-state index contributed by atoms with van der Waals surface area (Å²) >= 11 is 0. The summed E-state index contributed by atoms with van der Waals surface area (Å²) in [6.07, 6.45) is 64.6. The van der Waals surface area contributed by atoms with Crippen LogP contribution >= 0.6 is 0 Å². The number of hydrogen-bond acceptors (Lipinski definition) is 11. The highest BCUT2D eigenvalue weighted by Crippen LogP contribution is 2.26. The van der Waals surface area contributed by atoms with Crippen LogP contribution in [0.25, 0.3) is 0 Å². The number of allylic oxidation sites excluding steroid dienone is 20. The number of ether oxygens (including phenoxy) is 5. The van der Waals surface area contributed by atoms with Gasteiger partial charge in [0.05, 0.1) is 6.61 Å². The van der Waals surface area contributed by atoms with E-state index >= 15 is 0 Å². The Hall–Kier alpha value is -4.88. The van der Waals surface area contributed by atoms with Crippen LogP contribution in [0.1, 0.15) is 239 Å². The van der Waals surface area contributed by atoms with Gasteiger partial charge in [-0.1, -0.05) is 245 Å². The fourth-order valence-electron chi connectivity index (χ4n) is 8.80. The van der Waals surface area contributed by atoms with Gasteiger partial charge in [-0.2, -0.15) is 0 Å². The fraction of sp³-hybridized carbons (Fsp3) is 0.652. The number of carboxylic acid groups (broad SMARTS) is 1. The van der Waals surface area contributed by atoms with E-state index in [-0.39, 0.29) is 25.9 Å². The minimum atomic E-state index is -1.92. The topological polar surface area (TPSA) is 175 Å². The molecule has 12 heteroatoms. The van der Waals surface area contributed by atoms with E-state index < -0.39 is 67.3 Å². The third-order valence-corrected chi connectivity index (χ3v) is 13.5. The second-order valence-electron chi connectivity index (χ2n) is 20.9. The van der Waals surface area contributed by atoms with E-state index in [2.05, 4.69) is 130 Å². The molecule has 6 atom stereocenters. The molecule has 1 aliphatic rings. The van der Waals surface area contributed by atoms with Gasteiger partial charge in [0.2, 0.25) is 0 Å². The SMILES string of the molecule is CC/C=C\C/C=C\C/C=C\C/C=C\C/C=C\C/C=C\CCC(=O)OCC(COC1OC(C(=O)O)C(O)C(O)C1OC(=O)CCCCCCCCCCCCCCCCCCC)OC(=O)CCCC/C=C\C/C=C\C/C=C\C/C=C\CC. The van der Waals surface area contributed by atoms with Gasteiger partial charge in [0.1, 0.15) is 18.8 Å². The number of aliphatic hydroxyl groups is 2. The van der Waals surface area contributed by atoms with Crippen LogP contribution < -0.4 is 0 Å². The van der Waals surface area contributed by atoms with Gasteiger partial charge in [-0.25, -0.2) is 4.79 Å². The lowest BCUT2D eigenvalue weighted by atomic mass is 9.98. The molecule has 3 N–H and O–H groups in total. The van der Waals surface area contributed by atoms with Crippen LogP contribution in [0.5, 0.6) is 0 Å². The number of rotatable bonds is 52. The summed E-state index contributed by atoms with van der Waals surface area (Å²) in [5.41, 5.74) is 0. The smallest absolute Gasteiger partial charge is 0.335 e. The summed E-state index contributed by atoms with van der Waals surface area (Å²) in [5, 5.41) is 31.6. The normalized spacial score (nSPS) is 18.6. The summed E-state index contributed by atoms with van der Waals surface area (Å²) in [5.74, 6) is -3.30. The van der Waals surface area contributed by atoms with Crippen LogP contribution in [0.3, 0.4) is 0 Å². The lowest BCUT2D eigenvalue weighted by molar-refractivity contribution is -0.301. The minimum Gasteiger partial charge on any atom is -0.479 e. The first-order valence-electron chi connectivity index (χ1n) is 31.5. The first-order valence-corrected chi connectivity index (χ1v) is 31.5. The third kappa shape index (κ3) is 45.3. The van der Waals surface area contributed by atoms with E-state index in [0.717, 1.165) is 103 Å². The molecule has 12 nitrogen and oxygen atoms in total. The monoisotopic (exact) mass is 1130 g/mol. The molecule has 1 saturated heterocycles. The van der Waals surface area contributed by atoms with E-state index in [4.69, 9.17) is 23.7 Å². The quantitative estimate of drug-likeness (QED) is 0.0228. The summed E-state index contributed by atoms with van der Waals surface area (Å²) in [6, 6.07) is 0. The van der Waals surface area contributed by atoms with Crippen molar-refractivity contribution in [3.63, 3.8) is 0 Å². The lowest BCUT2D eigenvalue weighted by Gasteiger charge is -2.40. The van der Waals surface area contributed by atoms with Crippen LogP contribution in [0.15, 0.2) is 122 Å². The van der Waals surface area contributed by atoms with Crippen molar-refractivity contribution < 1.29 is 58.2 Å². The Kier molecular flexibility index (Phi) is 50.9. The molecule has 1 heterocycles. The van der Waals surface area contributed by atoms with E-state index in [1.54, 1.807) is 0 Å². The molecule has 0 aliphatic carbocycles. The van der Waals surface area contributed by atoms with Crippen molar-refractivity contribution >= 4 is 23.9 Å². The number of hydrogen-bond donors (Lipinski definition) is 3. The van der Waals surface area contributed by atoms with Crippen LogP contribution in [-0.2, 0) is 42.9 Å². The highest BCUT2D eigenvalue weighted by Gasteiger charge is 2.50. The molecule has 0 aromatic carbocycles. The molecule has 458 valence electrons. The highest BCUT2D eigenvalue weighted by molar-refractivity contribution is 5.74. The number of unbranched alkanes of at least 4 members (excludes halogenated alkanes) is 18. The average molecular weight is 1130 g/mol. The second kappa shape index (κ2) is 55.6. The van der Waals surface area contributed by atoms with Crippen molar-refractivity contribution in [3.05, 3.63) is 122 Å². The predicted octanol–water partition coefficient (Wildman–Crippen LogP) is 16.8. The van der Waals surface area contributed by atoms with Gasteiger partial charge in [0.25, 0.3) is 0 Å². The Morgan fingerprint density at radius 2 is 0.802 bits per heavy atom. The maximum atomic E-state index is 13.2. The van der Waals surface area contributed by atoms with E-state index in [1.807, 2.05) is 12.2 Å². The molecule has 81 heavy (non-hydrogen) atoms. The van der Waals surface area contributed by atoms with Crippen molar-refractivity contribution in [2.45, 2.75) is 276 Å². The molecule has 0 amide bonds. The zero-order chi connectivity index (χ0) is 58.9. The first kappa shape index (κ1) is 74.1. The maximum Gasteiger partial charge on any atom is 0.335 e. The van der Waals surface area contributed by atoms with Crippen LogP contribution in [-0.4, -0.2) is 89.2 Å². The van der Waals surface area contributed by atoms with Gasteiger partial charge in [-0.05, 0) is 96.3 Å². The lowest BCUT2D eigenvalue weighted by Crippen LogP contribution is -2.61. The molecule has 0 aromatic heterocycles. The molecule has 0 aromatic rings. The van der Waals surface area contributed by atoms with Gasteiger partial charge in [0, 0.05) is 19.3 Å². The molecule has 0 bridgehead atoms. The summed E-state index contributed by atoms with van der Waals surface area (Å²) in [4.78, 5) is 51.2. The zero-order valence-corrected chi connectivity index (χ0v) is 50.5. The number of carbonyl (C=O) groups excluding carboxylic acids is 3. The molecule has 0 saturated carbocycles. The van der Waals surface area contributed by atoms with E-state index in [9.17, 15) is 34.5 Å². The van der Waals surface area contributed by atoms with Crippen LogP contribution in [0.2, 0.25) is 0 Å². The summed E-state index contributed by atoms with van der Waals surface area (Å²) in [6.45, 7) is 5.68.